The van der Waals surface area contributed by atoms with Crippen molar-refractivity contribution in [2.75, 3.05) is 10.2 Å². The second-order valence-electron chi connectivity index (χ2n) is 9.86. The van der Waals surface area contributed by atoms with Crippen LogP contribution in [-0.4, -0.2) is 17.7 Å². The number of anilines is 2. The third-order valence-electron chi connectivity index (χ3n) is 7.26. The molecular formula is C32H26N2O4. The van der Waals surface area contributed by atoms with E-state index in [2.05, 4.69) is 11.4 Å². The molecule has 0 bridgehead atoms. The Balaban J connectivity index is 1.14. The van der Waals surface area contributed by atoms with Crippen molar-refractivity contribution in [1.29, 1.82) is 0 Å². The van der Waals surface area contributed by atoms with Gasteiger partial charge in [-0.25, -0.2) is 0 Å². The number of ether oxygens (including phenoxy) is 1. The number of allylic oxidation sites excluding steroid dienone is 2. The predicted octanol–water partition coefficient (Wildman–Crippen LogP) is 6.73. The fraction of sp³-hybridized carbons (Fsp3) is 0.156. The van der Waals surface area contributed by atoms with Gasteiger partial charge in [0, 0.05) is 11.3 Å². The van der Waals surface area contributed by atoms with Crippen LogP contribution in [0.15, 0.2) is 103 Å². The lowest BCUT2D eigenvalue weighted by Gasteiger charge is -2.18. The maximum Gasteiger partial charge on any atom is 0.255 e. The number of imide groups is 1. The Labute approximate surface area is 220 Å². The number of nitrogens with one attached hydrogen (secondary N) is 1. The molecule has 3 amide bonds. The Bertz CT molecular complexity index is 1610. The molecule has 0 saturated carbocycles. The molecule has 0 unspecified atom stereocenters. The van der Waals surface area contributed by atoms with Crippen LogP contribution in [0.5, 0.6) is 11.5 Å². The van der Waals surface area contributed by atoms with Crippen LogP contribution >= 0.6 is 0 Å². The molecule has 6 nitrogen and oxygen atoms in total. The van der Waals surface area contributed by atoms with Crippen LogP contribution in [0.4, 0.5) is 11.4 Å². The summed E-state index contributed by atoms with van der Waals surface area (Å²) < 4.78 is 5.98. The number of nitrogens with zero attached hydrogens (tertiary/aromatic N) is 1. The first-order valence-electron chi connectivity index (χ1n) is 12.7. The largest absolute Gasteiger partial charge is 0.457 e. The Hall–Kier alpha value is -4.71. The second-order valence-corrected chi connectivity index (χ2v) is 9.86. The maximum atomic E-state index is 13.1. The number of hydrogen-bond acceptors (Lipinski definition) is 4. The highest BCUT2D eigenvalue weighted by molar-refractivity contribution is 6.22. The number of carbonyl (C=O) groups excluding carboxylic acids is 3. The van der Waals surface area contributed by atoms with Gasteiger partial charge in [0.15, 0.2) is 0 Å². The normalized spacial score (nSPS) is 18.8. The van der Waals surface area contributed by atoms with Gasteiger partial charge in [0.25, 0.3) is 5.91 Å². The summed E-state index contributed by atoms with van der Waals surface area (Å²) in [6, 6.07) is 27.8. The van der Waals surface area contributed by atoms with Crippen LogP contribution in [0.25, 0.3) is 10.8 Å². The topological polar surface area (TPSA) is 75.7 Å². The first-order valence-corrected chi connectivity index (χ1v) is 12.7. The molecule has 0 spiro atoms. The third kappa shape index (κ3) is 4.45. The van der Waals surface area contributed by atoms with Gasteiger partial charge < -0.3 is 10.1 Å². The number of amides is 3. The zero-order valence-electron chi connectivity index (χ0n) is 20.9. The summed E-state index contributed by atoms with van der Waals surface area (Å²) in [4.78, 5) is 40.3. The van der Waals surface area contributed by atoms with Gasteiger partial charge >= 0.3 is 0 Å². The van der Waals surface area contributed by atoms with Crippen LogP contribution in [0.3, 0.4) is 0 Å². The van der Waals surface area contributed by atoms with Gasteiger partial charge in [0.2, 0.25) is 11.8 Å². The molecule has 188 valence electrons. The minimum absolute atomic E-state index is 0.188. The first kappa shape index (κ1) is 23.7. The molecule has 38 heavy (non-hydrogen) atoms. The van der Waals surface area contributed by atoms with Crippen LogP contribution < -0.4 is 15.0 Å². The van der Waals surface area contributed by atoms with Gasteiger partial charge in [0.05, 0.1) is 17.5 Å². The molecule has 0 aromatic heterocycles. The summed E-state index contributed by atoms with van der Waals surface area (Å²) in [6.07, 6.45) is 3.22. The van der Waals surface area contributed by atoms with Crippen molar-refractivity contribution in [3.63, 3.8) is 0 Å². The first-order chi connectivity index (χ1) is 18.5. The smallest absolute Gasteiger partial charge is 0.255 e. The summed E-state index contributed by atoms with van der Waals surface area (Å²) >= 11 is 0. The van der Waals surface area contributed by atoms with Crippen LogP contribution in [-0.2, 0) is 9.59 Å². The van der Waals surface area contributed by atoms with Crippen LogP contribution in [0.1, 0.15) is 30.1 Å². The number of carbonyl (C=O) groups is 3. The number of fused-ring (bicyclic) bond motifs is 2. The van der Waals surface area contributed by atoms with Crippen molar-refractivity contribution in [2.45, 2.75) is 19.8 Å². The minimum atomic E-state index is -0.330. The van der Waals surface area contributed by atoms with Gasteiger partial charge in [-0.3, -0.25) is 19.3 Å². The lowest BCUT2D eigenvalue weighted by molar-refractivity contribution is -0.122. The molecule has 1 heterocycles. The van der Waals surface area contributed by atoms with E-state index in [1.54, 1.807) is 48.5 Å². The van der Waals surface area contributed by atoms with E-state index in [0.29, 0.717) is 35.5 Å². The average Bonchev–Trinajstić information content (AvgIpc) is 3.18. The third-order valence-corrected chi connectivity index (χ3v) is 7.26. The van der Waals surface area contributed by atoms with Gasteiger partial charge in [-0.1, -0.05) is 48.0 Å². The molecular weight excluding hydrogens is 476 g/mol. The molecule has 0 radical (unpaired) electrons. The van der Waals surface area contributed by atoms with Crippen LogP contribution in [0, 0.1) is 11.8 Å². The van der Waals surface area contributed by atoms with E-state index in [1.807, 2.05) is 49.4 Å². The van der Waals surface area contributed by atoms with E-state index in [0.717, 1.165) is 22.1 Å². The average molecular weight is 503 g/mol. The van der Waals surface area contributed by atoms with Crippen molar-refractivity contribution in [3.05, 3.63) is 108 Å². The van der Waals surface area contributed by atoms with Crippen molar-refractivity contribution in [3.8, 4) is 11.5 Å². The summed E-state index contributed by atoms with van der Waals surface area (Å²) in [5.74, 6) is 0.0327. The van der Waals surface area contributed by atoms with E-state index in [4.69, 9.17) is 4.74 Å². The van der Waals surface area contributed by atoms with Crippen molar-refractivity contribution in [1.82, 2.24) is 0 Å². The molecule has 1 N–H and O–H groups in total. The molecule has 2 aliphatic rings. The highest BCUT2D eigenvalue weighted by Gasteiger charge is 2.48. The molecule has 1 aliphatic heterocycles. The molecule has 2 atom stereocenters. The zero-order valence-corrected chi connectivity index (χ0v) is 20.9. The molecule has 1 aliphatic carbocycles. The fourth-order valence-corrected chi connectivity index (χ4v) is 5.25. The minimum Gasteiger partial charge on any atom is -0.457 e. The van der Waals surface area contributed by atoms with E-state index >= 15 is 0 Å². The zero-order chi connectivity index (χ0) is 26.2. The fourth-order valence-electron chi connectivity index (χ4n) is 5.25. The Morgan fingerprint density at radius 3 is 2.37 bits per heavy atom. The lowest BCUT2D eigenvalue weighted by Crippen LogP contribution is -2.31. The molecule has 1 saturated heterocycles. The summed E-state index contributed by atoms with van der Waals surface area (Å²) in [6.45, 7) is 1.99. The summed E-state index contributed by atoms with van der Waals surface area (Å²) in [5, 5.41) is 5.12. The van der Waals surface area contributed by atoms with Gasteiger partial charge in [-0.15, -0.1) is 0 Å². The van der Waals surface area contributed by atoms with Crippen LogP contribution in [0.2, 0.25) is 0 Å². The molecule has 6 heteroatoms. The Kier molecular flexibility index (Phi) is 6.00. The number of hydrogen-bond donors (Lipinski definition) is 1. The monoisotopic (exact) mass is 502 g/mol. The SMILES string of the molecule is CC1=CC[C@@H]2C(=O)N(c3cccc(C(=O)Nc4ccc(Oc5ccc6ccccc6c5)cc4)c3)C(=O)[C@@H]2C1. The summed E-state index contributed by atoms with van der Waals surface area (Å²) in [7, 11) is 0. The highest BCUT2D eigenvalue weighted by atomic mass is 16.5. The van der Waals surface area contributed by atoms with Crippen molar-refractivity contribution >= 4 is 39.9 Å². The highest BCUT2D eigenvalue weighted by Crippen LogP contribution is 2.40. The standard InChI is InChI=1S/C32H26N2O4/c1-20-9-16-28-29(17-20)32(37)34(31(28)36)25-8-4-7-23(18-25)30(35)33-24-11-14-26(15-12-24)38-27-13-10-21-5-2-3-6-22(21)19-27/h2-15,18-19,28-29H,16-17H2,1H3,(H,33,35)/t28-,29+/m0/s1. The van der Waals surface area contributed by atoms with E-state index in [1.165, 1.54) is 4.90 Å². The van der Waals surface area contributed by atoms with Crippen molar-refractivity contribution in [2.24, 2.45) is 11.8 Å². The maximum absolute atomic E-state index is 13.1. The molecule has 6 rings (SSSR count). The Morgan fingerprint density at radius 1 is 0.816 bits per heavy atom. The molecule has 4 aromatic carbocycles. The van der Waals surface area contributed by atoms with Gasteiger partial charge in [-0.2, -0.15) is 0 Å². The quantitative estimate of drug-likeness (QED) is 0.243. The van der Waals surface area contributed by atoms with E-state index in [9.17, 15) is 14.4 Å². The van der Waals surface area contributed by atoms with E-state index in [-0.39, 0.29) is 29.6 Å². The van der Waals surface area contributed by atoms with Gasteiger partial charge in [0.1, 0.15) is 11.5 Å². The predicted molar refractivity (Wildman–Crippen MR) is 147 cm³/mol. The van der Waals surface area contributed by atoms with E-state index < -0.39 is 0 Å². The Morgan fingerprint density at radius 2 is 1.55 bits per heavy atom. The summed E-state index contributed by atoms with van der Waals surface area (Å²) in [5.41, 5.74) is 2.53. The molecule has 4 aromatic rings. The van der Waals surface area contributed by atoms with Crippen molar-refractivity contribution < 1.29 is 19.1 Å². The van der Waals surface area contributed by atoms with Gasteiger partial charge in [-0.05, 0) is 85.1 Å². The number of benzene rings is 4. The second kappa shape index (κ2) is 9.63. The molecule has 1 fully saturated rings. The number of rotatable bonds is 5. The lowest BCUT2D eigenvalue weighted by atomic mass is 9.82.